The van der Waals surface area contributed by atoms with Gasteiger partial charge in [0, 0.05) is 11.1 Å². The quantitative estimate of drug-likeness (QED) is 0.789. The highest BCUT2D eigenvalue weighted by molar-refractivity contribution is 6.30. The first-order chi connectivity index (χ1) is 12.0. The zero-order valence-corrected chi connectivity index (χ0v) is 14.0. The van der Waals surface area contributed by atoms with Crippen LogP contribution in [0.2, 0.25) is 5.02 Å². The third-order valence-corrected chi connectivity index (χ3v) is 3.33. The molecule has 0 bridgehead atoms. The van der Waals surface area contributed by atoms with E-state index in [0.29, 0.717) is 22.1 Å². The first kappa shape index (κ1) is 18.3. The van der Waals surface area contributed by atoms with Gasteiger partial charge in [-0.3, -0.25) is 4.79 Å². The lowest BCUT2D eigenvalue weighted by atomic mass is 10.2. The van der Waals surface area contributed by atoms with Crippen molar-refractivity contribution in [2.45, 2.75) is 0 Å². The number of hydrogen-bond acceptors (Lipinski definition) is 4. The van der Waals surface area contributed by atoms with E-state index in [2.05, 4.69) is 5.32 Å². The topological polar surface area (TPSA) is 71.3 Å². The lowest BCUT2D eigenvalue weighted by molar-refractivity contribution is -0.111. The van der Waals surface area contributed by atoms with Gasteiger partial charge in [0.15, 0.2) is 18.1 Å². The van der Waals surface area contributed by atoms with Gasteiger partial charge in [-0.15, -0.1) is 0 Å². The number of carbonyl (C=O) groups excluding carboxylic acids is 1. The highest BCUT2D eigenvalue weighted by Crippen LogP contribution is 2.28. The van der Waals surface area contributed by atoms with Crippen molar-refractivity contribution in [1.82, 2.24) is 0 Å². The maximum Gasteiger partial charge on any atom is 0.248 e. The standard InChI is InChI=1S/C18H14ClFN2O3/c1-24-17-10-12(2-6-16(17)25-9-8-21)3-7-18(23)22-15-11-13(19)4-5-14(15)20/h2-7,10-11H,9H2,1H3,(H,22,23)/b7-3+. The summed E-state index contributed by atoms with van der Waals surface area (Å²) < 4.78 is 24.0. The largest absolute Gasteiger partial charge is 0.493 e. The van der Waals surface area contributed by atoms with E-state index in [1.165, 1.54) is 37.5 Å². The van der Waals surface area contributed by atoms with E-state index in [4.69, 9.17) is 26.3 Å². The van der Waals surface area contributed by atoms with E-state index in [9.17, 15) is 9.18 Å². The number of rotatable bonds is 6. The Labute approximate surface area is 149 Å². The number of anilines is 1. The second-order valence-corrected chi connectivity index (χ2v) is 5.24. The molecule has 0 heterocycles. The van der Waals surface area contributed by atoms with Crippen LogP contribution in [0, 0.1) is 17.1 Å². The minimum Gasteiger partial charge on any atom is -0.493 e. The molecule has 25 heavy (non-hydrogen) atoms. The van der Waals surface area contributed by atoms with Crippen molar-refractivity contribution in [2.24, 2.45) is 0 Å². The van der Waals surface area contributed by atoms with Crippen LogP contribution in [0.15, 0.2) is 42.5 Å². The Morgan fingerprint density at radius 1 is 1.32 bits per heavy atom. The monoisotopic (exact) mass is 360 g/mol. The van der Waals surface area contributed by atoms with Crippen LogP contribution in [-0.2, 0) is 4.79 Å². The van der Waals surface area contributed by atoms with E-state index < -0.39 is 11.7 Å². The molecule has 0 aliphatic rings. The second-order valence-electron chi connectivity index (χ2n) is 4.80. The van der Waals surface area contributed by atoms with Gasteiger partial charge in [0.05, 0.1) is 12.8 Å². The van der Waals surface area contributed by atoms with Gasteiger partial charge >= 0.3 is 0 Å². The molecule has 0 aromatic heterocycles. The molecule has 2 rings (SSSR count). The molecular formula is C18H14ClFN2O3. The fourth-order valence-electron chi connectivity index (χ4n) is 1.96. The molecule has 2 aromatic carbocycles. The van der Waals surface area contributed by atoms with Gasteiger partial charge in [-0.25, -0.2) is 4.39 Å². The number of benzene rings is 2. The Kier molecular flexibility index (Phi) is 6.38. The summed E-state index contributed by atoms with van der Waals surface area (Å²) in [5.41, 5.74) is 0.669. The maximum atomic E-state index is 13.6. The number of hydrogen-bond donors (Lipinski definition) is 1. The number of nitriles is 1. The van der Waals surface area contributed by atoms with Crippen molar-refractivity contribution in [3.05, 3.63) is 58.9 Å². The van der Waals surface area contributed by atoms with Crippen LogP contribution in [0.25, 0.3) is 6.08 Å². The zero-order valence-electron chi connectivity index (χ0n) is 13.3. The van der Waals surface area contributed by atoms with Gasteiger partial charge in [-0.05, 0) is 42.0 Å². The molecule has 0 aliphatic heterocycles. The van der Waals surface area contributed by atoms with Gasteiger partial charge in [0.2, 0.25) is 5.91 Å². The summed E-state index contributed by atoms with van der Waals surface area (Å²) in [5, 5.41) is 11.3. The summed E-state index contributed by atoms with van der Waals surface area (Å²) in [4.78, 5) is 11.9. The number of ether oxygens (including phenoxy) is 2. The Morgan fingerprint density at radius 3 is 2.84 bits per heavy atom. The van der Waals surface area contributed by atoms with Crippen LogP contribution in [0.1, 0.15) is 5.56 Å². The lowest BCUT2D eigenvalue weighted by Gasteiger charge is -2.08. The van der Waals surface area contributed by atoms with Gasteiger partial charge in [0.25, 0.3) is 0 Å². The fraction of sp³-hybridized carbons (Fsp3) is 0.111. The predicted octanol–water partition coefficient (Wildman–Crippen LogP) is 4.04. The van der Waals surface area contributed by atoms with Crippen molar-refractivity contribution in [3.8, 4) is 17.6 Å². The van der Waals surface area contributed by atoms with E-state index in [0.717, 1.165) is 0 Å². The molecule has 0 saturated carbocycles. The van der Waals surface area contributed by atoms with E-state index >= 15 is 0 Å². The minimum atomic E-state index is -0.577. The molecular weight excluding hydrogens is 347 g/mol. The molecule has 0 fully saturated rings. The first-order valence-electron chi connectivity index (χ1n) is 7.15. The third-order valence-electron chi connectivity index (χ3n) is 3.09. The zero-order chi connectivity index (χ0) is 18.2. The summed E-state index contributed by atoms with van der Waals surface area (Å²) in [7, 11) is 1.47. The Balaban J connectivity index is 2.09. The van der Waals surface area contributed by atoms with E-state index in [1.54, 1.807) is 18.2 Å². The normalized spacial score (nSPS) is 10.3. The second kappa shape index (κ2) is 8.71. The first-order valence-corrected chi connectivity index (χ1v) is 7.53. The number of nitrogens with one attached hydrogen (secondary N) is 1. The van der Waals surface area contributed by atoms with Gasteiger partial charge in [-0.2, -0.15) is 5.26 Å². The van der Waals surface area contributed by atoms with Crippen molar-refractivity contribution in [3.63, 3.8) is 0 Å². The number of halogens is 2. The fourth-order valence-corrected chi connectivity index (χ4v) is 2.13. The summed E-state index contributed by atoms with van der Waals surface area (Å²) in [5.74, 6) is -0.234. The number of carbonyl (C=O) groups is 1. The summed E-state index contributed by atoms with van der Waals surface area (Å²) in [6.07, 6.45) is 2.79. The molecule has 5 nitrogen and oxygen atoms in total. The Hall–Kier alpha value is -3.04. The minimum absolute atomic E-state index is 0.0000167. The molecule has 0 radical (unpaired) electrons. The van der Waals surface area contributed by atoms with Crippen molar-refractivity contribution < 1.29 is 18.7 Å². The molecule has 0 atom stereocenters. The molecule has 2 aromatic rings. The van der Waals surface area contributed by atoms with Gasteiger partial charge < -0.3 is 14.8 Å². The molecule has 128 valence electrons. The predicted molar refractivity (Wildman–Crippen MR) is 93.2 cm³/mol. The average Bonchev–Trinajstić information content (AvgIpc) is 2.61. The molecule has 1 amide bonds. The van der Waals surface area contributed by atoms with E-state index in [-0.39, 0.29) is 12.3 Å². The molecule has 0 spiro atoms. The van der Waals surface area contributed by atoms with Crippen molar-refractivity contribution in [2.75, 3.05) is 19.0 Å². The highest BCUT2D eigenvalue weighted by Gasteiger charge is 2.07. The highest BCUT2D eigenvalue weighted by atomic mass is 35.5. The molecule has 0 aliphatic carbocycles. The van der Waals surface area contributed by atoms with Crippen molar-refractivity contribution in [1.29, 1.82) is 5.26 Å². The molecule has 1 N–H and O–H groups in total. The number of nitrogens with zero attached hydrogens (tertiary/aromatic N) is 1. The SMILES string of the molecule is COc1cc(/C=C/C(=O)Nc2cc(Cl)ccc2F)ccc1OCC#N. The Morgan fingerprint density at radius 2 is 2.12 bits per heavy atom. The van der Waals surface area contributed by atoms with E-state index in [1.807, 2.05) is 6.07 Å². The summed E-state index contributed by atoms with van der Waals surface area (Å²) in [6.45, 7) is -0.0981. The van der Waals surface area contributed by atoms with Crippen LogP contribution in [0.5, 0.6) is 11.5 Å². The third kappa shape index (κ3) is 5.23. The summed E-state index contributed by atoms with van der Waals surface area (Å²) in [6, 6.07) is 10.7. The van der Waals surface area contributed by atoms with Crippen LogP contribution < -0.4 is 14.8 Å². The number of methoxy groups -OCH3 is 1. The van der Waals surface area contributed by atoms with Gasteiger partial charge in [0.1, 0.15) is 11.9 Å². The average molecular weight is 361 g/mol. The lowest BCUT2D eigenvalue weighted by Crippen LogP contribution is -2.09. The molecule has 0 saturated heterocycles. The van der Waals surface area contributed by atoms with Crippen LogP contribution in [0.3, 0.4) is 0 Å². The smallest absolute Gasteiger partial charge is 0.248 e. The van der Waals surface area contributed by atoms with Crippen LogP contribution in [-0.4, -0.2) is 19.6 Å². The van der Waals surface area contributed by atoms with Crippen molar-refractivity contribution >= 4 is 29.3 Å². The summed E-state index contributed by atoms with van der Waals surface area (Å²) >= 11 is 5.78. The van der Waals surface area contributed by atoms with Crippen LogP contribution in [0.4, 0.5) is 10.1 Å². The maximum absolute atomic E-state index is 13.6. The van der Waals surface area contributed by atoms with Gasteiger partial charge in [-0.1, -0.05) is 17.7 Å². The molecule has 7 heteroatoms. The Bertz CT molecular complexity index is 847. The van der Waals surface area contributed by atoms with Crippen LogP contribution >= 0.6 is 11.6 Å². The molecule has 0 unspecified atom stereocenters. The number of amides is 1.